The average molecular weight is 367 g/mol. The van der Waals surface area contributed by atoms with Crippen molar-refractivity contribution in [1.29, 1.82) is 0 Å². The highest BCUT2D eigenvalue weighted by molar-refractivity contribution is 7.88. The van der Waals surface area contributed by atoms with Crippen molar-refractivity contribution >= 4 is 21.8 Å². The van der Waals surface area contributed by atoms with Gasteiger partial charge in [0.1, 0.15) is 0 Å². The molecule has 1 aliphatic heterocycles. The fourth-order valence-electron chi connectivity index (χ4n) is 2.70. The first-order valence-corrected chi connectivity index (χ1v) is 9.98. The number of rotatable bonds is 6. The molecule has 0 atom stereocenters. The lowest BCUT2D eigenvalue weighted by atomic mass is 10.2. The predicted molar refractivity (Wildman–Crippen MR) is 95.3 cm³/mol. The standard InChI is InChI=1S/C17H25N3O4S/c1-14-3-5-16(6-4-14)13-25(23,24)18-8-7-17(22)20-11-9-19(10-12-20)15(2)21/h3-6,18H,7-13H2,1-2H3. The van der Waals surface area contributed by atoms with Crippen LogP contribution < -0.4 is 4.72 Å². The lowest BCUT2D eigenvalue weighted by molar-refractivity contribution is -0.138. The number of piperazine rings is 1. The third-order valence-corrected chi connectivity index (χ3v) is 5.57. The van der Waals surface area contributed by atoms with E-state index in [4.69, 9.17) is 0 Å². The van der Waals surface area contributed by atoms with Crippen LogP contribution in [0.5, 0.6) is 0 Å². The molecule has 0 saturated carbocycles. The maximum absolute atomic E-state index is 12.1. The first-order valence-electron chi connectivity index (χ1n) is 8.33. The molecule has 0 unspecified atom stereocenters. The minimum absolute atomic E-state index is 0.0102. The minimum atomic E-state index is -3.47. The van der Waals surface area contributed by atoms with Crippen LogP contribution in [0.3, 0.4) is 0 Å². The second-order valence-corrected chi connectivity index (χ2v) is 8.08. The maximum atomic E-state index is 12.1. The molecule has 1 aliphatic rings. The molecule has 25 heavy (non-hydrogen) atoms. The summed E-state index contributed by atoms with van der Waals surface area (Å²) >= 11 is 0. The van der Waals surface area contributed by atoms with Gasteiger partial charge in [0.05, 0.1) is 5.75 Å². The van der Waals surface area contributed by atoms with Crippen LogP contribution in [0.1, 0.15) is 24.5 Å². The van der Waals surface area contributed by atoms with Crippen LogP contribution in [0, 0.1) is 6.92 Å². The summed E-state index contributed by atoms with van der Waals surface area (Å²) in [5.41, 5.74) is 1.79. The van der Waals surface area contributed by atoms with Gasteiger partial charge >= 0.3 is 0 Å². The van der Waals surface area contributed by atoms with Gasteiger partial charge in [0.15, 0.2) is 0 Å². The van der Waals surface area contributed by atoms with Crippen LogP contribution in [-0.4, -0.2) is 62.8 Å². The van der Waals surface area contributed by atoms with Gasteiger partial charge < -0.3 is 9.80 Å². The third-order valence-electron chi connectivity index (χ3n) is 4.22. The van der Waals surface area contributed by atoms with E-state index in [1.807, 2.05) is 19.1 Å². The quantitative estimate of drug-likeness (QED) is 0.793. The van der Waals surface area contributed by atoms with Crippen LogP contribution in [-0.2, 0) is 25.4 Å². The molecule has 7 nitrogen and oxygen atoms in total. The summed E-state index contributed by atoms with van der Waals surface area (Å²) in [4.78, 5) is 26.8. The fraction of sp³-hybridized carbons (Fsp3) is 0.529. The van der Waals surface area contributed by atoms with E-state index in [9.17, 15) is 18.0 Å². The van der Waals surface area contributed by atoms with Crippen molar-refractivity contribution in [3.8, 4) is 0 Å². The van der Waals surface area contributed by atoms with Crippen LogP contribution in [0.4, 0.5) is 0 Å². The van der Waals surface area contributed by atoms with Gasteiger partial charge in [-0.05, 0) is 12.5 Å². The van der Waals surface area contributed by atoms with E-state index in [1.54, 1.807) is 21.9 Å². The summed E-state index contributed by atoms with van der Waals surface area (Å²) in [6.45, 7) is 5.59. The van der Waals surface area contributed by atoms with E-state index in [1.165, 1.54) is 6.92 Å². The van der Waals surface area contributed by atoms with E-state index < -0.39 is 10.0 Å². The number of sulfonamides is 1. The zero-order chi connectivity index (χ0) is 18.4. The fourth-order valence-corrected chi connectivity index (χ4v) is 3.84. The number of aryl methyl sites for hydroxylation is 1. The first-order chi connectivity index (χ1) is 11.8. The molecule has 0 bridgehead atoms. The van der Waals surface area contributed by atoms with E-state index >= 15 is 0 Å². The molecular formula is C17H25N3O4S. The Hall–Kier alpha value is -1.93. The molecule has 2 amide bonds. The second kappa shape index (κ2) is 8.44. The number of benzene rings is 1. The number of carbonyl (C=O) groups excluding carboxylic acids is 2. The number of hydrogen-bond acceptors (Lipinski definition) is 4. The highest BCUT2D eigenvalue weighted by Crippen LogP contribution is 2.08. The van der Waals surface area contributed by atoms with Crippen molar-refractivity contribution in [1.82, 2.24) is 14.5 Å². The Balaban J connectivity index is 1.75. The zero-order valence-electron chi connectivity index (χ0n) is 14.7. The van der Waals surface area contributed by atoms with Gasteiger partial charge in [-0.1, -0.05) is 29.8 Å². The van der Waals surface area contributed by atoms with Crippen molar-refractivity contribution in [2.45, 2.75) is 26.0 Å². The second-order valence-electron chi connectivity index (χ2n) is 6.28. The molecule has 138 valence electrons. The molecule has 1 aromatic rings. The summed E-state index contributed by atoms with van der Waals surface area (Å²) < 4.78 is 26.6. The van der Waals surface area contributed by atoms with Gasteiger partial charge in [0, 0.05) is 46.1 Å². The van der Waals surface area contributed by atoms with Crippen LogP contribution in [0.25, 0.3) is 0 Å². The summed E-state index contributed by atoms with van der Waals surface area (Å²) in [5.74, 6) is -0.184. The van der Waals surface area contributed by atoms with Crippen molar-refractivity contribution in [2.75, 3.05) is 32.7 Å². The molecule has 0 aliphatic carbocycles. The van der Waals surface area contributed by atoms with Gasteiger partial charge in [0.25, 0.3) is 0 Å². The van der Waals surface area contributed by atoms with E-state index in [2.05, 4.69) is 4.72 Å². The van der Waals surface area contributed by atoms with Crippen molar-refractivity contribution < 1.29 is 18.0 Å². The predicted octanol–water partition coefficient (Wildman–Crippen LogP) is 0.495. The van der Waals surface area contributed by atoms with Crippen molar-refractivity contribution in [3.05, 3.63) is 35.4 Å². The zero-order valence-corrected chi connectivity index (χ0v) is 15.5. The third kappa shape index (κ3) is 6.13. The summed E-state index contributed by atoms with van der Waals surface area (Å²) in [6, 6.07) is 7.31. The summed E-state index contributed by atoms with van der Waals surface area (Å²) in [5, 5.41) is 0. The number of amides is 2. The largest absolute Gasteiger partial charge is 0.339 e. The average Bonchev–Trinajstić information content (AvgIpc) is 2.56. The molecule has 0 aromatic heterocycles. The number of nitrogens with zero attached hydrogens (tertiary/aromatic N) is 2. The molecule has 1 aromatic carbocycles. The molecule has 1 fully saturated rings. The molecular weight excluding hydrogens is 342 g/mol. The van der Waals surface area contributed by atoms with Gasteiger partial charge in [-0.2, -0.15) is 0 Å². The van der Waals surface area contributed by atoms with Gasteiger partial charge in [0.2, 0.25) is 21.8 Å². The molecule has 0 radical (unpaired) electrons. The molecule has 1 saturated heterocycles. The molecule has 1 heterocycles. The molecule has 0 spiro atoms. The smallest absolute Gasteiger partial charge is 0.224 e. The number of carbonyl (C=O) groups is 2. The van der Waals surface area contributed by atoms with E-state index in [0.717, 1.165) is 5.56 Å². The molecule has 8 heteroatoms. The van der Waals surface area contributed by atoms with Crippen molar-refractivity contribution in [2.24, 2.45) is 0 Å². The maximum Gasteiger partial charge on any atom is 0.224 e. The SMILES string of the molecule is CC(=O)N1CCN(C(=O)CCNS(=O)(=O)Cc2ccc(C)cc2)CC1. The van der Waals surface area contributed by atoms with Gasteiger partial charge in [-0.25, -0.2) is 13.1 Å². The van der Waals surface area contributed by atoms with Gasteiger partial charge in [-0.3, -0.25) is 9.59 Å². The van der Waals surface area contributed by atoms with E-state index in [0.29, 0.717) is 31.7 Å². The number of hydrogen-bond donors (Lipinski definition) is 1. The van der Waals surface area contributed by atoms with E-state index in [-0.39, 0.29) is 30.5 Å². The highest BCUT2D eigenvalue weighted by atomic mass is 32.2. The van der Waals surface area contributed by atoms with Crippen LogP contribution in [0.2, 0.25) is 0 Å². The Bertz CT molecular complexity index is 708. The molecule has 2 rings (SSSR count). The van der Waals surface area contributed by atoms with Crippen LogP contribution in [0.15, 0.2) is 24.3 Å². The Kier molecular flexibility index (Phi) is 6.55. The Morgan fingerprint density at radius 2 is 1.60 bits per heavy atom. The van der Waals surface area contributed by atoms with Crippen molar-refractivity contribution in [3.63, 3.8) is 0 Å². The Morgan fingerprint density at radius 1 is 1.04 bits per heavy atom. The summed E-state index contributed by atoms with van der Waals surface area (Å²) in [6.07, 6.45) is 0.118. The number of nitrogens with one attached hydrogen (secondary N) is 1. The Labute approximate surface area is 149 Å². The minimum Gasteiger partial charge on any atom is -0.339 e. The van der Waals surface area contributed by atoms with Gasteiger partial charge in [-0.15, -0.1) is 0 Å². The summed E-state index contributed by atoms with van der Waals surface area (Å²) in [7, 11) is -3.47. The Morgan fingerprint density at radius 3 is 2.16 bits per heavy atom. The monoisotopic (exact) mass is 367 g/mol. The lowest BCUT2D eigenvalue weighted by Crippen LogP contribution is -2.50. The molecule has 1 N–H and O–H groups in total. The highest BCUT2D eigenvalue weighted by Gasteiger charge is 2.22. The van der Waals surface area contributed by atoms with Crippen LogP contribution >= 0.6 is 0 Å². The first kappa shape index (κ1) is 19.4. The lowest BCUT2D eigenvalue weighted by Gasteiger charge is -2.34. The normalized spacial score (nSPS) is 15.3. The topological polar surface area (TPSA) is 86.8 Å².